The van der Waals surface area contributed by atoms with Gasteiger partial charge in [-0.25, -0.2) is 0 Å². The molecule has 7 nitrogen and oxygen atoms in total. The molecule has 3 N–H and O–H groups in total. The predicted octanol–water partition coefficient (Wildman–Crippen LogP) is 1.41. The van der Waals surface area contributed by atoms with E-state index in [4.69, 9.17) is 4.42 Å². The lowest BCUT2D eigenvalue weighted by Crippen LogP contribution is -2.49. The van der Waals surface area contributed by atoms with Gasteiger partial charge in [0.1, 0.15) is 5.76 Å². The van der Waals surface area contributed by atoms with Gasteiger partial charge in [-0.15, -0.1) is 24.0 Å². The molecule has 8 heteroatoms. The number of likely N-dealkylation sites (tertiary alicyclic amines) is 1. The molecule has 0 aliphatic carbocycles. The Labute approximate surface area is 167 Å². The summed E-state index contributed by atoms with van der Waals surface area (Å²) in [7, 11) is 1.72. The van der Waals surface area contributed by atoms with Gasteiger partial charge in [-0.1, -0.05) is 6.92 Å². The minimum Gasteiger partial charge on any atom is -0.467 e. The standard InChI is InChI=1S/C17H29N5O2.HI/c1-12(2)22-10-13(3)15(11-22)21-17(18-4)20-9-16(23)19-8-14-6-5-7-24-14;/h5-7,12-13,15H,8-11H2,1-4H3,(H,19,23)(H2,18,20,21);1H. The van der Waals surface area contributed by atoms with Gasteiger partial charge in [0.15, 0.2) is 5.96 Å². The smallest absolute Gasteiger partial charge is 0.239 e. The summed E-state index contributed by atoms with van der Waals surface area (Å²) < 4.78 is 5.18. The van der Waals surface area contributed by atoms with Gasteiger partial charge in [-0.3, -0.25) is 14.7 Å². The quantitative estimate of drug-likeness (QED) is 0.338. The Balaban J connectivity index is 0.00000312. The number of halogens is 1. The van der Waals surface area contributed by atoms with Crippen LogP contribution in [0.1, 0.15) is 26.5 Å². The second kappa shape index (κ2) is 10.6. The lowest BCUT2D eigenvalue weighted by molar-refractivity contribution is -0.120. The van der Waals surface area contributed by atoms with Gasteiger partial charge in [0.25, 0.3) is 0 Å². The first-order chi connectivity index (χ1) is 11.5. The molecule has 0 spiro atoms. The van der Waals surface area contributed by atoms with E-state index in [0.29, 0.717) is 30.5 Å². The lowest BCUT2D eigenvalue weighted by atomic mass is 10.1. The number of guanidine groups is 1. The second-order valence-corrected chi connectivity index (χ2v) is 6.56. The molecule has 2 unspecified atom stereocenters. The van der Waals surface area contributed by atoms with Crippen LogP contribution in [0.2, 0.25) is 0 Å². The van der Waals surface area contributed by atoms with Gasteiger partial charge in [0, 0.05) is 32.2 Å². The first-order valence-electron chi connectivity index (χ1n) is 8.50. The third-order valence-corrected chi connectivity index (χ3v) is 4.37. The van der Waals surface area contributed by atoms with Gasteiger partial charge in [-0.05, 0) is 31.9 Å². The average molecular weight is 463 g/mol. The van der Waals surface area contributed by atoms with Crippen LogP contribution in [0.25, 0.3) is 0 Å². The molecule has 0 aromatic carbocycles. The van der Waals surface area contributed by atoms with Crippen LogP contribution in [0.15, 0.2) is 27.8 Å². The first-order valence-corrected chi connectivity index (χ1v) is 8.50. The van der Waals surface area contributed by atoms with E-state index in [-0.39, 0.29) is 36.4 Å². The van der Waals surface area contributed by atoms with Gasteiger partial charge in [-0.2, -0.15) is 0 Å². The van der Waals surface area contributed by atoms with E-state index in [2.05, 4.69) is 46.6 Å². The van der Waals surface area contributed by atoms with Crippen molar-refractivity contribution in [1.29, 1.82) is 0 Å². The maximum atomic E-state index is 11.9. The third-order valence-electron chi connectivity index (χ3n) is 4.37. The van der Waals surface area contributed by atoms with Crippen molar-refractivity contribution in [3.8, 4) is 0 Å². The van der Waals surface area contributed by atoms with Crippen molar-refractivity contribution in [3.05, 3.63) is 24.2 Å². The molecule has 1 aliphatic heterocycles. The van der Waals surface area contributed by atoms with E-state index < -0.39 is 0 Å². The number of carbonyl (C=O) groups is 1. The van der Waals surface area contributed by atoms with E-state index in [0.717, 1.165) is 18.8 Å². The summed E-state index contributed by atoms with van der Waals surface area (Å²) in [5.41, 5.74) is 0. The van der Waals surface area contributed by atoms with Crippen LogP contribution in [-0.4, -0.2) is 55.5 Å². The fourth-order valence-corrected chi connectivity index (χ4v) is 2.81. The zero-order valence-electron chi connectivity index (χ0n) is 15.4. The molecule has 142 valence electrons. The van der Waals surface area contributed by atoms with Crippen LogP contribution in [0.5, 0.6) is 0 Å². The number of nitrogens with one attached hydrogen (secondary N) is 3. The van der Waals surface area contributed by atoms with E-state index in [1.165, 1.54) is 0 Å². The van der Waals surface area contributed by atoms with E-state index >= 15 is 0 Å². The third kappa shape index (κ3) is 6.85. The van der Waals surface area contributed by atoms with Crippen molar-refractivity contribution in [3.63, 3.8) is 0 Å². The molecule has 0 saturated carbocycles. The summed E-state index contributed by atoms with van der Waals surface area (Å²) in [6, 6.07) is 4.51. The number of nitrogens with zero attached hydrogens (tertiary/aromatic N) is 2. The van der Waals surface area contributed by atoms with Crippen LogP contribution in [0.4, 0.5) is 0 Å². The predicted molar refractivity (Wildman–Crippen MR) is 110 cm³/mol. The van der Waals surface area contributed by atoms with Crippen molar-refractivity contribution in [2.24, 2.45) is 10.9 Å². The molecule has 2 atom stereocenters. The largest absolute Gasteiger partial charge is 0.467 e. The molecule has 1 amide bonds. The number of hydrogen-bond acceptors (Lipinski definition) is 4. The Kier molecular flexibility index (Phi) is 9.26. The molecular weight excluding hydrogens is 433 g/mol. The molecule has 1 fully saturated rings. The maximum absolute atomic E-state index is 11.9. The number of hydrogen-bond donors (Lipinski definition) is 3. The van der Waals surface area contributed by atoms with Crippen LogP contribution >= 0.6 is 24.0 Å². The first kappa shape index (κ1) is 21.8. The summed E-state index contributed by atoms with van der Waals surface area (Å²) in [6.45, 7) is 9.30. The SMILES string of the molecule is CN=C(NCC(=O)NCc1ccco1)NC1CN(C(C)C)CC1C.I. The summed E-state index contributed by atoms with van der Waals surface area (Å²) in [6.07, 6.45) is 1.59. The van der Waals surface area contributed by atoms with Gasteiger partial charge >= 0.3 is 0 Å². The zero-order valence-corrected chi connectivity index (χ0v) is 17.7. The lowest BCUT2D eigenvalue weighted by Gasteiger charge is -2.21. The van der Waals surface area contributed by atoms with Crippen molar-refractivity contribution in [2.75, 3.05) is 26.7 Å². The Bertz CT molecular complexity index is 547. The summed E-state index contributed by atoms with van der Waals surface area (Å²) >= 11 is 0. The van der Waals surface area contributed by atoms with E-state index in [1.807, 2.05) is 6.07 Å². The fraction of sp³-hybridized carbons (Fsp3) is 0.647. The highest BCUT2D eigenvalue weighted by atomic mass is 127. The Morgan fingerprint density at radius 3 is 2.72 bits per heavy atom. The topological polar surface area (TPSA) is 81.9 Å². The number of aliphatic imine (C=N–C) groups is 1. The zero-order chi connectivity index (χ0) is 17.5. The summed E-state index contributed by atoms with van der Waals surface area (Å²) in [4.78, 5) is 18.6. The van der Waals surface area contributed by atoms with Gasteiger partial charge in [0.05, 0.1) is 19.4 Å². The molecule has 0 radical (unpaired) electrons. The van der Waals surface area contributed by atoms with Crippen LogP contribution < -0.4 is 16.0 Å². The Morgan fingerprint density at radius 2 is 2.16 bits per heavy atom. The van der Waals surface area contributed by atoms with Crippen LogP contribution in [0.3, 0.4) is 0 Å². The summed E-state index contributed by atoms with van der Waals surface area (Å²) in [5.74, 6) is 1.83. The van der Waals surface area contributed by atoms with Crippen molar-refractivity contribution < 1.29 is 9.21 Å². The van der Waals surface area contributed by atoms with E-state index in [1.54, 1.807) is 19.4 Å². The fourth-order valence-electron chi connectivity index (χ4n) is 2.81. The molecule has 0 bridgehead atoms. The number of rotatable bonds is 6. The summed E-state index contributed by atoms with van der Waals surface area (Å²) in [5, 5.41) is 9.30. The second-order valence-electron chi connectivity index (χ2n) is 6.56. The highest BCUT2D eigenvalue weighted by Gasteiger charge is 2.31. The highest BCUT2D eigenvalue weighted by Crippen LogP contribution is 2.18. The molecule has 1 aliphatic rings. The van der Waals surface area contributed by atoms with E-state index in [9.17, 15) is 4.79 Å². The Hall–Kier alpha value is -1.29. The van der Waals surface area contributed by atoms with Crippen LogP contribution in [-0.2, 0) is 11.3 Å². The number of amides is 1. The van der Waals surface area contributed by atoms with Crippen molar-refractivity contribution in [2.45, 2.75) is 39.4 Å². The number of furan rings is 1. The minimum absolute atomic E-state index is 0. The molecule has 1 saturated heterocycles. The maximum Gasteiger partial charge on any atom is 0.239 e. The van der Waals surface area contributed by atoms with Gasteiger partial charge < -0.3 is 20.4 Å². The molecule has 1 aromatic heterocycles. The molecular formula is C17H30IN5O2. The minimum atomic E-state index is -0.0994. The Morgan fingerprint density at radius 1 is 1.40 bits per heavy atom. The average Bonchev–Trinajstić information content (AvgIpc) is 3.19. The monoisotopic (exact) mass is 463 g/mol. The molecule has 25 heavy (non-hydrogen) atoms. The number of carbonyl (C=O) groups excluding carboxylic acids is 1. The van der Waals surface area contributed by atoms with Crippen molar-refractivity contribution >= 4 is 35.8 Å². The van der Waals surface area contributed by atoms with Gasteiger partial charge in [0.2, 0.25) is 5.91 Å². The molecule has 2 heterocycles. The van der Waals surface area contributed by atoms with Crippen LogP contribution in [0, 0.1) is 5.92 Å². The highest BCUT2D eigenvalue weighted by molar-refractivity contribution is 14.0. The van der Waals surface area contributed by atoms with Crippen molar-refractivity contribution in [1.82, 2.24) is 20.9 Å². The molecule has 1 aromatic rings. The molecule has 2 rings (SSSR count). The normalized spacial score (nSPS) is 21.1.